The zero-order valence-electron chi connectivity index (χ0n) is 24.7. The third kappa shape index (κ3) is 7.07. The lowest BCUT2D eigenvalue weighted by molar-refractivity contribution is 0.285. The molecule has 0 aliphatic heterocycles. The van der Waals surface area contributed by atoms with E-state index in [2.05, 4.69) is 46.6 Å². The first-order chi connectivity index (χ1) is 20.3. The highest BCUT2D eigenvalue weighted by atomic mass is 35.5. The van der Waals surface area contributed by atoms with E-state index in [1.807, 2.05) is 50.5 Å². The smallest absolute Gasteiger partial charge is 0.236 e. The lowest BCUT2D eigenvalue weighted by atomic mass is 9.92. The Hall–Kier alpha value is -3.56. The van der Waals surface area contributed by atoms with Crippen molar-refractivity contribution < 1.29 is 18.9 Å². The summed E-state index contributed by atoms with van der Waals surface area (Å²) in [5.41, 5.74) is 8.17. The molecule has 0 fully saturated rings. The van der Waals surface area contributed by atoms with E-state index in [0.29, 0.717) is 59.9 Å². The largest absolute Gasteiger partial charge is 0.481 e. The van der Waals surface area contributed by atoms with Crippen molar-refractivity contribution in [3.05, 3.63) is 92.0 Å². The fourth-order valence-electron chi connectivity index (χ4n) is 4.73. The van der Waals surface area contributed by atoms with Crippen LogP contribution in [0, 0.1) is 13.8 Å². The minimum absolute atomic E-state index is 0.304. The third-order valence-electron chi connectivity index (χ3n) is 7.00. The highest BCUT2D eigenvalue weighted by molar-refractivity contribution is 6.32. The Bertz CT molecular complexity index is 1430. The van der Waals surface area contributed by atoms with Gasteiger partial charge in [-0.15, -0.1) is 0 Å². The van der Waals surface area contributed by atoms with Crippen molar-refractivity contribution in [3.63, 3.8) is 0 Å². The summed E-state index contributed by atoms with van der Waals surface area (Å²) in [5, 5.41) is 7.04. The number of methoxy groups -OCH3 is 2. The van der Waals surface area contributed by atoms with Crippen LogP contribution in [0.25, 0.3) is 11.1 Å². The van der Waals surface area contributed by atoms with Crippen molar-refractivity contribution in [2.24, 2.45) is 0 Å². The number of aromatic nitrogens is 2. The quantitative estimate of drug-likeness (QED) is 0.173. The van der Waals surface area contributed by atoms with E-state index >= 15 is 0 Å². The van der Waals surface area contributed by atoms with Gasteiger partial charge in [0.2, 0.25) is 23.5 Å². The summed E-state index contributed by atoms with van der Waals surface area (Å²) in [6.07, 6.45) is 0. The molecule has 0 saturated carbocycles. The van der Waals surface area contributed by atoms with Crippen LogP contribution in [-0.4, -0.2) is 38.3 Å². The van der Waals surface area contributed by atoms with E-state index in [0.717, 1.165) is 44.5 Å². The van der Waals surface area contributed by atoms with Crippen molar-refractivity contribution in [3.8, 4) is 34.6 Å². The number of halogens is 2. The number of ether oxygens (including phenoxy) is 4. The lowest BCUT2D eigenvalue weighted by Crippen LogP contribution is -2.09. The fraction of sp³-hybridized carbons (Fsp3) is 0.312. The fourth-order valence-corrected chi connectivity index (χ4v) is 5.19. The molecule has 0 spiro atoms. The molecule has 222 valence electrons. The van der Waals surface area contributed by atoms with Crippen LogP contribution in [0.2, 0.25) is 10.0 Å². The van der Waals surface area contributed by atoms with Gasteiger partial charge in [-0.05, 0) is 73.5 Å². The molecule has 2 heterocycles. The molecule has 0 saturated heterocycles. The van der Waals surface area contributed by atoms with Crippen LogP contribution in [0.15, 0.2) is 48.5 Å². The number of hydrogen-bond acceptors (Lipinski definition) is 8. The minimum atomic E-state index is 0.304. The zero-order valence-corrected chi connectivity index (χ0v) is 26.2. The maximum Gasteiger partial charge on any atom is 0.236 e. The van der Waals surface area contributed by atoms with Gasteiger partial charge in [0.1, 0.15) is 23.3 Å². The maximum absolute atomic E-state index is 6.48. The highest BCUT2D eigenvalue weighted by Crippen LogP contribution is 2.34. The number of rotatable bonds is 13. The van der Waals surface area contributed by atoms with Crippen molar-refractivity contribution >= 4 is 23.2 Å². The standard InChI is InChI=1S/C32H36Cl2N4O4/c1-19-21(17-41-31-27(33)13-23(15-35-3)29(37-31)39-5)9-7-11-25(19)26-12-8-10-22(20(26)2)18-42-32-28(34)14-24(16-36-4)30(38-32)40-6/h7-14,35-36H,15-18H2,1-6H3. The van der Waals surface area contributed by atoms with E-state index in [-0.39, 0.29) is 0 Å². The zero-order chi connectivity index (χ0) is 30.2. The van der Waals surface area contributed by atoms with Crippen molar-refractivity contribution in [2.75, 3.05) is 28.3 Å². The number of nitrogens with one attached hydrogen (secondary N) is 2. The Balaban J connectivity index is 1.55. The molecule has 0 radical (unpaired) electrons. The first-order valence-corrected chi connectivity index (χ1v) is 14.3. The van der Waals surface area contributed by atoms with E-state index in [4.69, 9.17) is 42.1 Å². The van der Waals surface area contributed by atoms with Gasteiger partial charge in [-0.2, -0.15) is 9.97 Å². The van der Waals surface area contributed by atoms with Crippen LogP contribution < -0.4 is 29.6 Å². The van der Waals surface area contributed by atoms with Gasteiger partial charge in [-0.25, -0.2) is 0 Å². The molecule has 0 aliphatic rings. The summed E-state index contributed by atoms with van der Waals surface area (Å²) in [7, 11) is 6.87. The Morgan fingerprint density at radius 1 is 0.619 bits per heavy atom. The molecule has 0 unspecified atom stereocenters. The molecular weight excluding hydrogens is 575 g/mol. The first kappa shape index (κ1) is 31.4. The molecule has 2 N–H and O–H groups in total. The van der Waals surface area contributed by atoms with Gasteiger partial charge in [-0.3, -0.25) is 0 Å². The molecule has 10 heteroatoms. The molecule has 4 aromatic rings. The van der Waals surface area contributed by atoms with E-state index in [1.54, 1.807) is 14.2 Å². The topological polar surface area (TPSA) is 86.8 Å². The van der Waals surface area contributed by atoms with Gasteiger partial charge in [0, 0.05) is 24.2 Å². The predicted molar refractivity (Wildman–Crippen MR) is 167 cm³/mol. The summed E-state index contributed by atoms with van der Waals surface area (Å²) in [6.45, 7) is 5.95. The normalized spacial score (nSPS) is 11.0. The van der Waals surface area contributed by atoms with Gasteiger partial charge in [0.25, 0.3) is 0 Å². The number of hydrogen-bond donors (Lipinski definition) is 2. The molecule has 2 aromatic heterocycles. The van der Waals surface area contributed by atoms with Crippen LogP contribution >= 0.6 is 23.2 Å². The molecule has 0 amide bonds. The van der Waals surface area contributed by atoms with Crippen LogP contribution in [0.1, 0.15) is 33.4 Å². The van der Waals surface area contributed by atoms with Crippen LogP contribution in [0.4, 0.5) is 0 Å². The second-order valence-electron chi connectivity index (χ2n) is 9.70. The molecule has 8 nitrogen and oxygen atoms in total. The monoisotopic (exact) mass is 610 g/mol. The van der Waals surface area contributed by atoms with E-state index < -0.39 is 0 Å². The molecule has 0 bridgehead atoms. The van der Waals surface area contributed by atoms with Crippen LogP contribution in [-0.2, 0) is 26.3 Å². The third-order valence-corrected chi connectivity index (χ3v) is 7.54. The van der Waals surface area contributed by atoms with Crippen LogP contribution in [0.5, 0.6) is 23.5 Å². The first-order valence-electron chi connectivity index (χ1n) is 13.5. The van der Waals surface area contributed by atoms with Crippen molar-refractivity contribution in [2.45, 2.75) is 40.2 Å². The molecule has 2 aromatic carbocycles. The second-order valence-corrected chi connectivity index (χ2v) is 10.5. The number of nitrogens with zero attached hydrogens (tertiary/aromatic N) is 2. The van der Waals surface area contributed by atoms with Gasteiger partial charge in [0.05, 0.1) is 14.2 Å². The molecule has 4 rings (SSSR count). The summed E-state index contributed by atoms with van der Waals surface area (Å²) in [4.78, 5) is 8.96. The van der Waals surface area contributed by atoms with E-state index in [1.165, 1.54) is 0 Å². The molecular formula is C32H36Cl2N4O4. The van der Waals surface area contributed by atoms with Crippen LogP contribution in [0.3, 0.4) is 0 Å². The summed E-state index contributed by atoms with van der Waals surface area (Å²) < 4.78 is 23.0. The van der Waals surface area contributed by atoms with Gasteiger partial charge < -0.3 is 29.6 Å². The summed E-state index contributed by atoms with van der Waals surface area (Å²) in [5.74, 6) is 1.62. The maximum atomic E-state index is 6.48. The van der Waals surface area contributed by atoms with Gasteiger partial charge in [-0.1, -0.05) is 59.6 Å². The number of pyridine rings is 2. The highest BCUT2D eigenvalue weighted by Gasteiger charge is 2.16. The van der Waals surface area contributed by atoms with E-state index in [9.17, 15) is 0 Å². The Morgan fingerprint density at radius 3 is 1.38 bits per heavy atom. The molecule has 0 aliphatic carbocycles. The Kier molecular flexibility index (Phi) is 10.9. The summed E-state index contributed by atoms with van der Waals surface area (Å²) in [6, 6.07) is 16.0. The predicted octanol–water partition coefficient (Wildman–Crippen LogP) is 6.68. The van der Waals surface area contributed by atoms with Crippen molar-refractivity contribution in [1.82, 2.24) is 20.6 Å². The Labute approximate surface area is 257 Å². The average molecular weight is 612 g/mol. The number of benzene rings is 2. The average Bonchev–Trinajstić information content (AvgIpc) is 2.98. The molecule has 42 heavy (non-hydrogen) atoms. The second kappa shape index (κ2) is 14.6. The molecule has 0 atom stereocenters. The van der Waals surface area contributed by atoms with Gasteiger partial charge >= 0.3 is 0 Å². The van der Waals surface area contributed by atoms with Gasteiger partial charge in [0.15, 0.2) is 0 Å². The van der Waals surface area contributed by atoms with Crippen molar-refractivity contribution in [1.29, 1.82) is 0 Å². The lowest BCUT2D eigenvalue weighted by Gasteiger charge is -2.17. The SMILES string of the molecule is CNCc1cc(Cl)c(OCc2cccc(-c3cccc(COc4nc(OC)c(CNC)cc4Cl)c3C)c2C)nc1OC. The Morgan fingerprint density at radius 2 is 1.02 bits per heavy atom. The minimum Gasteiger partial charge on any atom is -0.481 e. The summed E-state index contributed by atoms with van der Waals surface area (Å²) >= 11 is 13.0.